The quantitative estimate of drug-likeness (QED) is 0.225. The number of rotatable bonds is 6. The third-order valence-electron chi connectivity index (χ3n) is 5.43. The number of anilines is 3. The van der Waals surface area contributed by atoms with E-state index in [1.54, 1.807) is 44.3 Å². The predicted octanol–water partition coefficient (Wildman–Crippen LogP) is 5.55. The van der Waals surface area contributed by atoms with Crippen LogP contribution < -0.4 is 15.6 Å². The maximum Gasteiger partial charge on any atom is 0.254 e. The molecule has 1 aliphatic carbocycles. The topological polar surface area (TPSA) is 63.1 Å². The highest BCUT2D eigenvalue weighted by Gasteiger charge is 2.50. The molecule has 1 saturated carbocycles. The van der Waals surface area contributed by atoms with Crippen LogP contribution in [0.1, 0.15) is 23.5 Å². The SMILES string of the molecule is Cc1cc(N[SH+](=O)C2CC2c2ccc(Cl)cc2F)c(Nc2ccc(I)cc2F)n(C)c1=O. The van der Waals surface area contributed by atoms with Crippen LogP contribution >= 0.6 is 34.2 Å². The normalized spacial score (nSPS) is 18.3. The third kappa shape index (κ3) is 4.69. The summed E-state index contributed by atoms with van der Waals surface area (Å²) in [5, 5.41) is 2.99. The second kappa shape index (κ2) is 9.11. The highest BCUT2D eigenvalue weighted by molar-refractivity contribution is 14.1. The Kier molecular flexibility index (Phi) is 6.60. The molecule has 4 rings (SSSR count). The first kappa shape index (κ1) is 23.2. The van der Waals surface area contributed by atoms with E-state index in [4.69, 9.17) is 11.6 Å². The molecule has 3 unspecified atom stereocenters. The molecule has 3 atom stereocenters. The Morgan fingerprint density at radius 3 is 2.56 bits per heavy atom. The fourth-order valence-electron chi connectivity index (χ4n) is 3.63. The van der Waals surface area contributed by atoms with Crippen LogP contribution in [0.3, 0.4) is 0 Å². The minimum absolute atomic E-state index is 0.179. The summed E-state index contributed by atoms with van der Waals surface area (Å²) in [6.07, 6.45) is 0.569. The Morgan fingerprint density at radius 1 is 1.12 bits per heavy atom. The lowest BCUT2D eigenvalue weighted by Crippen LogP contribution is -2.24. The predicted molar refractivity (Wildman–Crippen MR) is 134 cm³/mol. The first-order chi connectivity index (χ1) is 15.2. The Morgan fingerprint density at radius 2 is 1.88 bits per heavy atom. The van der Waals surface area contributed by atoms with Crippen molar-refractivity contribution in [3.63, 3.8) is 0 Å². The van der Waals surface area contributed by atoms with E-state index in [1.165, 1.54) is 16.7 Å². The molecule has 1 aliphatic rings. The second-order valence-electron chi connectivity index (χ2n) is 7.72. The van der Waals surface area contributed by atoms with Crippen LogP contribution in [0.15, 0.2) is 47.3 Å². The molecule has 32 heavy (non-hydrogen) atoms. The molecular formula is C22H20ClF2IN3O2S+. The van der Waals surface area contributed by atoms with Gasteiger partial charge in [0, 0.05) is 33.5 Å². The van der Waals surface area contributed by atoms with Crippen molar-refractivity contribution in [2.75, 3.05) is 10.0 Å². The number of nitrogens with one attached hydrogen (secondary N) is 2. The van der Waals surface area contributed by atoms with E-state index in [-0.39, 0.29) is 22.4 Å². The average Bonchev–Trinajstić information content (AvgIpc) is 3.51. The smallest absolute Gasteiger partial charge is 0.254 e. The Hall–Kier alpha value is -1.98. The third-order valence-corrected chi connectivity index (χ3v) is 7.97. The van der Waals surface area contributed by atoms with Crippen molar-refractivity contribution in [2.24, 2.45) is 7.05 Å². The van der Waals surface area contributed by atoms with Gasteiger partial charge in [0.05, 0.1) is 5.69 Å². The molecule has 1 heterocycles. The first-order valence-corrected chi connectivity index (χ1v) is 12.5. The van der Waals surface area contributed by atoms with E-state index in [0.717, 1.165) is 3.57 Å². The van der Waals surface area contributed by atoms with Gasteiger partial charge < -0.3 is 5.32 Å². The largest absolute Gasteiger partial charge is 0.337 e. The lowest BCUT2D eigenvalue weighted by Gasteiger charge is -2.16. The van der Waals surface area contributed by atoms with Crippen LogP contribution in [0.4, 0.5) is 26.0 Å². The number of thiol groups is 1. The van der Waals surface area contributed by atoms with Crippen molar-refractivity contribution in [1.82, 2.24) is 4.57 Å². The monoisotopic (exact) mass is 590 g/mol. The van der Waals surface area contributed by atoms with Crippen LogP contribution in [-0.2, 0) is 22.2 Å². The maximum atomic E-state index is 14.4. The molecule has 168 valence electrons. The molecule has 0 bridgehead atoms. The van der Waals surface area contributed by atoms with Gasteiger partial charge in [-0.3, -0.25) is 9.36 Å². The molecule has 5 nitrogen and oxygen atoms in total. The molecule has 0 amide bonds. The summed E-state index contributed by atoms with van der Waals surface area (Å²) in [5.41, 5.74) is 1.27. The number of aryl methyl sites for hydroxylation is 1. The van der Waals surface area contributed by atoms with E-state index in [2.05, 4.69) is 10.0 Å². The summed E-state index contributed by atoms with van der Waals surface area (Å²) in [7, 11) is -0.417. The number of halogens is 4. The summed E-state index contributed by atoms with van der Waals surface area (Å²) < 4.78 is 46.8. The Labute approximate surface area is 204 Å². The van der Waals surface area contributed by atoms with Crippen LogP contribution in [-0.4, -0.2) is 9.82 Å². The fourth-order valence-corrected chi connectivity index (χ4v) is 5.72. The first-order valence-electron chi connectivity index (χ1n) is 9.76. The molecule has 1 aromatic heterocycles. The van der Waals surface area contributed by atoms with Crippen molar-refractivity contribution >= 4 is 62.4 Å². The van der Waals surface area contributed by atoms with Crippen molar-refractivity contribution in [3.05, 3.63) is 84.2 Å². The van der Waals surface area contributed by atoms with Crippen molar-refractivity contribution in [3.8, 4) is 0 Å². The molecule has 0 spiro atoms. The molecule has 10 heteroatoms. The van der Waals surface area contributed by atoms with Gasteiger partial charge in [-0.25, -0.2) is 13.5 Å². The zero-order valence-corrected chi connectivity index (χ0v) is 20.9. The van der Waals surface area contributed by atoms with Gasteiger partial charge >= 0.3 is 0 Å². The molecule has 2 N–H and O–H groups in total. The highest BCUT2D eigenvalue weighted by atomic mass is 127. The zero-order chi connectivity index (χ0) is 23.2. The number of hydrogen-bond donors (Lipinski definition) is 2. The number of nitrogens with zero attached hydrogens (tertiary/aromatic N) is 1. The van der Waals surface area contributed by atoms with Gasteiger partial charge in [-0.05, 0) is 71.5 Å². The summed E-state index contributed by atoms with van der Waals surface area (Å²) in [4.78, 5) is 12.5. The number of aromatic nitrogens is 1. The van der Waals surface area contributed by atoms with E-state index in [1.807, 2.05) is 22.6 Å². The van der Waals surface area contributed by atoms with Crippen molar-refractivity contribution in [1.29, 1.82) is 0 Å². The minimum Gasteiger partial charge on any atom is -0.337 e. The van der Waals surface area contributed by atoms with Gasteiger partial charge in [-0.2, -0.15) is 0 Å². The van der Waals surface area contributed by atoms with Crippen molar-refractivity contribution < 1.29 is 13.0 Å². The van der Waals surface area contributed by atoms with Gasteiger partial charge in [0.25, 0.3) is 5.56 Å². The average molecular weight is 591 g/mol. The maximum absolute atomic E-state index is 14.4. The zero-order valence-electron chi connectivity index (χ0n) is 17.1. The highest BCUT2D eigenvalue weighted by Crippen LogP contribution is 2.46. The Bertz CT molecular complexity index is 1300. The van der Waals surface area contributed by atoms with Crippen LogP contribution in [0.2, 0.25) is 5.02 Å². The van der Waals surface area contributed by atoms with E-state index >= 15 is 0 Å². The lowest BCUT2D eigenvalue weighted by molar-refractivity contribution is 0.595. The fraction of sp³-hybridized carbons (Fsp3) is 0.227. The summed E-state index contributed by atoms with van der Waals surface area (Å²) in [6, 6.07) is 10.8. The number of pyridine rings is 1. The lowest BCUT2D eigenvalue weighted by atomic mass is 10.1. The van der Waals surface area contributed by atoms with E-state index < -0.39 is 22.6 Å². The summed E-state index contributed by atoms with van der Waals surface area (Å²) in [6.45, 7) is 1.65. The number of benzene rings is 2. The van der Waals surface area contributed by atoms with E-state index in [9.17, 15) is 17.8 Å². The van der Waals surface area contributed by atoms with Crippen molar-refractivity contribution in [2.45, 2.75) is 24.5 Å². The van der Waals surface area contributed by atoms with Crippen LogP contribution in [0.5, 0.6) is 0 Å². The minimum atomic E-state index is -1.98. The van der Waals surface area contributed by atoms with Gasteiger partial charge in [0.1, 0.15) is 28.4 Å². The van der Waals surface area contributed by atoms with E-state index in [0.29, 0.717) is 34.1 Å². The van der Waals surface area contributed by atoms with Gasteiger partial charge in [0.15, 0.2) is 11.0 Å². The summed E-state index contributed by atoms with van der Waals surface area (Å²) in [5.74, 6) is -0.774. The van der Waals surface area contributed by atoms with Gasteiger partial charge in [0.2, 0.25) is 0 Å². The molecular weight excluding hydrogens is 571 g/mol. The van der Waals surface area contributed by atoms with Gasteiger partial charge in [-0.1, -0.05) is 21.9 Å². The summed E-state index contributed by atoms with van der Waals surface area (Å²) >= 11 is 7.83. The van der Waals surface area contributed by atoms with Gasteiger partial charge in [-0.15, -0.1) is 0 Å². The van der Waals surface area contributed by atoms with Crippen LogP contribution in [0.25, 0.3) is 0 Å². The molecule has 3 aromatic rings. The Balaban J connectivity index is 1.61. The molecule has 2 aromatic carbocycles. The molecule has 0 radical (unpaired) electrons. The second-order valence-corrected chi connectivity index (χ2v) is 10.9. The van der Waals surface area contributed by atoms with Crippen LogP contribution in [0, 0.1) is 22.1 Å². The molecule has 0 saturated heterocycles. The molecule has 0 aliphatic heterocycles. The standard InChI is InChI=1S/C22H19ClF2IN3O2S/c1-11-7-19(21(29(2)22(11)30)27-18-6-4-13(26)9-17(18)25)28-32(31)20-10-15(20)14-5-3-12(23)8-16(14)24/h3-9,15,20,27H,10H2,1-2H3,(H,28,31)/p+1. The number of hydrogen-bond acceptors (Lipinski definition) is 3. The molecule has 1 fully saturated rings.